The summed E-state index contributed by atoms with van der Waals surface area (Å²) in [6.07, 6.45) is 0.570. The summed E-state index contributed by atoms with van der Waals surface area (Å²) < 4.78 is 0. The Kier molecular flexibility index (Phi) is 3.33. The Morgan fingerprint density at radius 2 is 2.45 bits per heavy atom. The lowest BCUT2D eigenvalue weighted by molar-refractivity contribution is 0.277. The van der Waals surface area contributed by atoms with Crippen LogP contribution in [0.1, 0.15) is 17.3 Å². The third kappa shape index (κ3) is 2.17. The van der Waals surface area contributed by atoms with E-state index in [-0.39, 0.29) is 12.6 Å². The van der Waals surface area contributed by atoms with Crippen molar-refractivity contribution in [3.8, 4) is 0 Å². The van der Waals surface area contributed by atoms with E-state index in [1.165, 1.54) is 11.3 Å². The molecule has 0 saturated heterocycles. The van der Waals surface area contributed by atoms with Crippen LogP contribution in [0.25, 0.3) is 0 Å². The number of aliphatic hydroxyl groups excluding tert-OH is 1. The van der Waals surface area contributed by atoms with Crippen LogP contribution in [0.3, 0.4) is 0 Å². The molecule has 1 rings (SSSR count). The average molecular weight is 192 g/mol. The summed E-state index contributed by atoms with van der Waals surface area (Å²) in [5.74, 6) is 0. The molecule has 1 atom stereocenters. The molecule has 1 aromatic rings. The van der Waals surface area contributed by atoms with Gasteiger partial charge in [-0.2, -0.15) is 0 Å². The molecule has 0 fully saturated rings. The second-order valence-corrected chi connectivity index (χ2v) is 3.61. The maximum Gasteiger partial charge on any atom is 0.0561 e. The van der Waals surface area contributed by atoms with Gasteiger partial charge in [0.2, 0.25) is 0 Å². The second kappa shape index (κ2) is 4.07. The summed E-state index contributed by atoms with van der Waals surface area (Å²) in [7, 11) is 0. The molecule has 0 amide bonds. The minimum Gasteiger partial charge on any atom is -0.396 e. The van der Waals surface area contributed by atoms with Crippen LogP contribution in [0, 0.1) is 0 Å². The molecule has 0 radical (unpaired) electrons. The standard InChI is InChI=1S/C7H10ClNOS/c8-5-2-4-11-7(5)6(9)1-3-10/h2,4,6,10H,1,3,9H2/t6-/m0/s1. The van der Waals surface area contributed by atoms with Crippen LogP contribution < -0.4 is 5.73 Å². The van der Waals surface area contributed by atoms with Crippen molar-refractivity contribution in [3.63, 3.8) is 0 Å². The van der Waals surface area contributed by atoms with E-state index in [1.807, 2.05) is 11.4 Å². The molecule has 11 heavy (non-hydrogen) atoms. The van der Waals surface area contributed by atoms with Gasteiger partial charge in [0.1, 0.15) is 0 Å². The first-order valence-electron chi connectivity index (χ1n) is 3.35. The molecular formula is C7H10ClNOS. The molecule has 0 spiro atoms. The fraction of sp³-hybridized carbons (Fsp3) is 0.429. The summed E-state index contributed by atoms with van der Waals surface area (Å²) in [6, 6.07) is 1.70. The predicted molar refractivity (Wildman–Crippen MR) is 48.0 cm³/mol. The Hall–Kier alpha value is -0.0900. The largest absolute Gasteiger partial charge is 0.396 e. The Labute approximate surface area is 74.6 Å². The fourth-order valence-corrected chi connectivity index (χ4v) is 2.08. The van der Waals surface area contributed by atoms with Gasteiger partial charge in [0.15, 0.2) is 0 Å². The molecule has 0 aromatic carbocycles. The average Bonchev–Trinajstić information content (AvgIpc) is 2.36. The third-order valence-electron chi connectivity index (χ3n) is 1.42. The maximum absolute atomic E-state index is 8.61. The fourth-order valence-electron chi connectivity index (χ4n) is 0.840. The first-order valence-corrected chi connectivity index (χ1v) is 4.60. The Bertz CT molecular complexity index is 226. The summed E-state index contributed by atoms with van der Waals surface area (Å²) >= 11 is 7.35. The van der Waals surface area contributed by atoms with Crippen molar-refractivity contribution in [1.82, 2.24) is 0 Å². The highest BCUT2D eigenvalue weighted by Crippen LogP contribution is 2.28. The molecule has 0 aliphatic carbocycles. The summed E-state index contributed by atoms with van der Waals surface area (Å²) in [6.45, 7) is 0.107. The Morgan fingerprint density at radius 1 is 1.73 bits per heavy atom. The third-order valence-corrected chi connectivity index (χ3v) is 2.91. The highest BCUT2D eigenvalue weighted by atomic mass is 35.5. The van der Waals surface area contributed by atoms with Gasteiger partial charge >= 0.3 is 0 Å². The van der Waals surface area contributed by atoms with Crippen LogP contribution in [-0.2, 0) is 0 Å². The molecule has 0 aliphatic rings. The van der Waals surface area contributed by atoms with E-state index in [4.69, 9.17) is 22.4 Å². The van der Waals surface area contributed by atoms with Crippen LogP contribution >= 0.6 is 22.9 Å². The lowest BCUT2D eigenvalue weighted by Gasteiger charge is -2.06. The number of halogens is 1. The molecule has 3 N–H and O–H groups in total. The quantitative estimate of drug-likeness (QED) is 0.765. The van der Waals surface area contributed by atoms with E-state index >= 15 is 0 Å². The van der Waals surface area contributed by atoms with Gasteiger partial charge in [0.05, 0.1) is 5.02 Å². The Balaban J connectivity index is 2.67. The van der Waals surface area contributed by atoms with E-state index in [9.17, 15) is 0 Å². The van der Waals surface area contributed by atoms with Crippen molar-refractivity contribution in [1.29, 1.82) is 0 Å². The molecule has 62 valence electrons. The van der Waals surface area contributed by atoms with E-state index in [1.54, 1.807) is 0 Å². The maximum atomic E-state index is 8.61. The van der Waals surface area contributed by atoms with Crippen LogP contribution in [0.2, 0.25) is 5.02 Å². The molecule has 1 aromatic heterocycles. The van der Waals surface area contributed by atoms with Crippen molar-refractivity contribution >= 4 is 22.9 Å². The van der Waals surface area contributed by atoms with E-state index < -0.39 is 0 Å². The molecule has 4 heteroatoms. The van der Waals surface area contributed by atoms with Gasteiger partial charge in [0.25, 0.3) is 0 Å². The summed E-state index contributed by atoms with van der Waals surface area (Å²) in [5, 5.41) is 11.2. The molecule has 2 nitrogen and oxygen atoms in total. The first-order chi connectivity index (χ1) is 5.25. The highest BCUT2D eigenvalue weighted by molar-refractivity contribution is 7.10. The van der Waals surface area contributed by atoms with Crippen LogP contribution in [0.5, 0.6) is 0 Å². The smallest absolute Gasteiger partial charge is 0.0561 e. The predicted octanol–water partition coefficient (Wildman–Crippen LogP) is 1.78. The van der Waals surface area contributed by atoms with Gasteiger partial charge in [-0.1, -0.05) is 11.6 Å². The number of thiophene rings is 1. The van der Waals surface area contributed by atoms with Crippen molar-refractivity contribution in [2.24, 2.45) is 5.73 Å². The zero-order valence-electron chi connectivity index (χ0n) is 5.96. The molecular weight excluding hydrogens is 182 g/mol. The molecule has 0 bridgehead atoms. The number of hydrogen-bond acceptors (Lipinski definition) is 3. The van der Waals surface area contributed by atoms with Gasteiger partial charge in [-0.05, 0) is 17.9 Å². The van der Waals surface area contributed by atoms with Crippen molar-refractivity contribution in [3.05, 3.63) is 21.3 Å². The van der Waals surface area contributed by atoms with Crippen molar-refractivity contribution in [2.75, 3.05) is 6.61 Å². The van der Waals surface area contributed by atoms with Crippen molar-refractivity contribution < 1.29 is 5.11 Å². The second-order valence-electron chi connectivity index (χ2n) is 2.25. The number of nitrogens with two attached hydrogens (primary N) is 1. The molecule has 0 aliphatic heterocycles. The van der Waals surface area contributed by atoms with Crippen molar-refractivity contribution in [2.45, 2.75) is 12.5 Å². The molecule has 1 heterocycles. The van der Waals surface area contributed by atoms with Gasteiger partial charge in [-0.15, -0.1) is 11.3 Å². The molecule has 0 saturated carbocycles. The van der Waals surface area contributed by atoms with Gasteiger partial charge < -0.3 is 10.8 Å². The molecule has 0 unspecified atom stereocenters. The summed E-state index contributed by atoms with van der Waals surface area (Å²) in [4.78, 5) is 0.959. The van der Waals surface area contributed by atoms with E-state index in [0.29, 0.717) is 11.4 Å². The zero-order chi connectivity index (χ0) is 8.27. The summed E-state index contributed by atoms with van der Waals surface area (Å²) in [5.41, 5.74) is 5.72. The number of aliphatic hydroxyl groups is 1. The monoisotopic (exact) mass is 191 g/mol. The SMILES string of the molecule is N[C@@H](CCO)c1sccc1Cl. The lowest BCUT2D eigenvalue weighted by atomic mass is 10.2. The number of rotatable bonds is 3. The minimum atomic E-state index is -0.118. The van der Waals surface area contributed by atoms with Crippen LogP contribution in [0.15, 0.2) is 11.4 Å². The van der Waals surface area contributed by atoms with Gasteiger partial charge in [-0.25, -0.2) is 0 Å². The topological polar surface area (TPSA) is 46.2 Å². The highest BCUT2D eigenvalue weighted by Gasteiger charge is 2.09. The van der Waals surface area contributed by atoms with Gasteiger partial charge in [0, 0.05) is 17.5 Å². The zero-order valence-corrected chi connectivity index (χ0v) is 7.53. The number of hydrogen-bond donors (Lipinski definition) is 2. The normalized spacial score (nSPS) is 13.4. The lowest BCUT2D eigenvalue weighted by Crippen LogP contribution is -2.10. The Morgan fingerprint density at radius 3 is 2.91 bits per heavy atom. The first kappa shape index (κ1) is 9.00. The van der Waals surface area contributed by atoms with E-state index in [0.717, 1.165) is 4.88 Å². The van der Waals surface area contributed by atoms with Gasteiger partial charge in [-0.3, -0.25) is 0 Å². The van der Waals surface area contributed by atoms with Crippen LogP contribution in [-0.4, -0.2) is 11.7 Å². The van der Waals surface area contributed by atoms with E-state index in [2.05, 4.69) is 0 Å². The van der Waals surface area contributed by atoms with Crippen LogP contribution in [0.4, 0.5) is 0 Å². The minimum absolute atomic E-state index is 0.107.